The van der Waals surface area contributed by atoms with Crippen LogP contribution in [0.3, 0.4) is 0 Å². The normalized spacial score (nSPS) is 22.6. The lowest BCUT2D eigenvalue weighted by molar-refractivity contribution is -0.116. The molecule has 116 valence electrons. The van der Waals surface area contributed by atoms with Gasteiger partial charge in [-0.1, -0.05) is 6.92 Å². The molecule has 1 atom stereocenters. The summed E-state index contributed by atoms with van der Waals surface area (Å²) in [5.74, 6) is 0.373. The first-order valence-corrected chi connectivity index (χ1v) is 7.62. The zero-order valence-electron chi connectivity index (χ0n) is 12.2. The summed E-state index contributed by atoms with van der Waals surface area (Å²) in [6.45, 7) is 3.79. The van der Waals surface area contributed by atoms with Gasteiger partial charge in [0.2, 0.25) is 11.6 Å². The number of nitrogens with one attached hydrogen (secondary N) is 1. The summed E-state index contributed by atoms with van der Waals surface area (Å²) in [7, 11) is 0. The van der Waals surface area contributed by atoms with Crippen molar-refractivity contribution in [3.05, 3.63) is 45.5 Å². The van der Waals surface area contributed by atoms with Crippen LogP contribution in [0.2, 0.25) is 0 Å². The molecule has 0 bridgehead atoms. The number of hydrogen-bond acceptors (Lipinski definition) is 5. The van der Waals surface area contributed by atoms with Crippen LogP contribution >= 0.6 is 15.9 Å². The molecule has 5 N–H and O–H groups in total. The molecule has 0 saturated carbocycles. The third-order valence-corrected chi connectivity index (χ3v) is 4.23. The molecule has 7 heteroatoms. The average molecular weight is 366 g/mol. The predicted molar refractivity (Wildman–Crippen MR) is 85.8 cm³/mol. The van der Waals surface area contributed by atoms with Crippen LogP contribution in [-0.4, -0.2) is 11.6 Å². The summed E-state index contributed by atoms with van der Waals surface area (Å²) < 4.78 is 12.1. The van der Waals surface area contributed by atoms with E-state index < -0.39 is 11.6 Å². The number of nitrogens with two attached hydrogens (primary N) is 2. The number of anilines is 1. The monoisotopic (exact) mass is 365 g/mol. The van der Waals surface area contributed by atoms with Crippen LogP contribution in [0.4, 0.5) is 5.69 Å². The highest BCUT2D eigenvalue weighted by molar-refractivity contribution is 9.10. The number of halogens is 1. The first kappa shape index (κ1) is 14.8. The molecule has 0 aromatic heterocycles. The number of aryl methyl sites for hydroxylation is 1. The minimum absolute atomic E-state index is 0.0549. The molecule has 1 amide bonds. The fraction of sp³-hybridized carbons (Fsp3) is 0.267. The molecule has 0 radical (unpaired) electrons. The molecule has 1 aromatic carbocycles. The molecule has 0 saturated heterocycles. The number of hydrogen-bond donors (Lipinski definition) is 3. The Balaban J connectivity index is 2.14. The number of rotatable bonds is 2. The molecule has 2 aliphatic heterocycles. The predicted octanol–water partition coefficient (Wildman–Crippen LogP) is 2.10. The lowest BCUT2D eigenvalue weighted by atomic mass is 9.99. The van der Waals surface area contributed by atoms with Gasteiger partial charge in [0, 0.05) is 6.08 Å². The standard InChI is InChI=1S/C15H16BrN3O3/c1-3-8-4-9(16)12-10(5-8)19-15(22-12)6-7(2)21-14(18)11(15)13(17)20/h4-6,19H,3,18H2,1-2H3,(H2,17,20). The number of carbonyl (C=O) groups is 1. The molecular formula is C15H16BrN3O3. The van der Waals surface area contributed by atoms with Gasteiger partial charge in [-0.2, -0.15) is 0 Å². The van der Waals surface area contributed by atoms with E-state index >= 15 is 0 Å². The van der Waals surface area contributed by atoms with Gasteiger partial charge in [-0.05, 0) is 47.0 Å². The highest BCUT2D eigenvalue weighted by Crippen LogP contribution is 2.47. The Morgan fingerprint density at radius 1 is 1.45 bits per heavy atom. The van der Waals surface area contributed by atoms with E-state index in [0.29, 0.717) is 11.5 Å². The second-order valence-electron chi connectivity index (χ2n) is 5.23. The van der Waals surface area contributed by atoms with E-state index in [9.17, 15) is 4.79 Å². The van der Waals surface area contributed by atoms with E-state index in [-0.39, 0.29) is 11.5 Å². The zero-order valence-corrected chi connectivity index (χ0v) is 13.8. The first-order chi connectivity index (χ1) is 10.4. The van der Waals surface area contributed by atoms with E-state index in [1.165, 1.54) is 0 Å². The largest absolute Gasteiger partial charge is 0.456 e. The van der Waals surface area contributed by atoms with Crippen molar-refractivity contribution in [2.75, 3.05) is 5.32 Å². The highest BCUT2D eigenvalue weighted by Gasteiger charge is 2.48. The molecule has 1 aromatic rings. The number of benzene rings is 1. The number of amides is 1. The lowest BCUT2D eigenvalue weighted by Crippen LogP contribution is -2.48. The average Bonchev–Trinajstić information content (AvgIpc) is 2.75. The number of ether oxygens (including phenoxy) is 2. The Bertz CT molecular complexity index is 742. The van der Waals surface area contributed by atoms with Crippen molar-refractivity contribution in [2.24, 2.45) is 11.5 Å². The van der Waals surface area contributed by atoms with Gasteiger partial charge in [0.05, 0.1) is 10.2 Å². The van der Waals surface area contributed by atoms with Crippen molar-refractivity contribution < 1.29 is 14.3 Å². The van der Waals surface area contributed by atoms with Crippen LogP contribution in [0.25, 0.3) is 0 Å². The minimum Gasteiger partial charge on any atom is -0.456 e. The van der Waals surface area contributed by atoms with E-state index in [0.717, 1.165) is 22.1 Å². The van der Waals surface area contributed by atoms with Crippen molar-refractivity contribution in [2.45, 2.75) is 26.0 Å². The van der Waals surface area contributed by atoms with Crippen LogP contribution in [0.1, 0.15) is 19.4 Å². The number of carbonyl (C=O) groups excluding carboxylic acids is 1. The van der Waals surface area contributed by atoms with E-state index in [2.05, 4.69) is 28.2 Å². The Kier molecular flexibility index (Phi) is 3.32. The maximum Gasteiger partial charge on any atom is 0.256 e. The van der Waals surface area contributed by atoms with Gasteiger partial charge in [0.1, 0.15) is 11.3 Å². The third-order valence-electron chi connectivity index (χ3n) is 3.64. The Labute approximate surface area is 136 Å². The molecule has 2 aliphatic rings. The number of fused-ring (bicyclic) bond motifs is 1. The smallest absolute Gasteiger partial charge is 0.256 e. The second-order valence-corrected chi connectivity index (χ2v) is 6.09. The first-order valence-electron chi connectivity index (χ1n) is 6.83. The quantitative estimate of drug-likeness (QED) is 0.745. The van der Waals surface area contributed by atoms with Gasteiger partial charge in [-0.15, -0.1) is 0 Å². The molecule has 1 spiro atoms. The fourth-order valence-electron chi connectivity index (χ4n) is 2.72. The minimum atomic E-state index is -1.24. The van der Waals surface area contributed by atoms with Crippen molar-refractivity contribution in [1.29, 1.82) is 0 Å². The molecule has 2 heterocycles. The van der Waals surface area contributed by atoms with E-state index in [1.54, 1.807) is 13.0 Å². The van der Waals surface area contributed by atoms with Gasteiger partial charge in [0.25, 0.3) is 5.91 Å². The van der Waals surface area contributed by atoms with E-state index in [1.807, 2.05) is 12.1 Å². The van der Waals surface area contributed by atoms with Gasteiger partial charge in [-0.25, -0.2) is 0 Å². The second kappa shape index (κ2) is 4.95. The Morgan fingerprint density at radius 3 is 2.82 bits per heavy atom. The van der Waals surface area contributed by atoms with Crippen molar-refractivity contribution in [3.63, 3.8) is 0 Å². The topological polar surface area (TPSA) is 99.6 Å². The highest BCUT2D eigenvalue weighted by atomic mass is 79.9. The summed E-state index contributed by atoms with van der Waals surface area (Å²) in [6, 6.07) is 3.95. The number of allylic oxidation sites excluding steroid dienone is 1. The summed E-state index contributed by atoms with van der Waals surface area (Å²) in [5.41, 5.74) is 12.0. The fourth-order valence-corrected chi connectivity index (χ4v) is 3.30. The van der Waals surface area contributed by atoms with Crippen LogP contribution in [-0.2, 0) is 16.0 Å². The Hall–Kier alpha value is -2.15. The molecule has 0 aliphatic carbocycles. The number of primary amides is 1. The lowest BCUT2D eigenvalue weighted by Gasteiger charge is -2.31. The van der Waals surface area contributed by atoms with Crippen molar-refractivity contribution >= 4 is 27.5 Å². The molecule has 22 heavy (non-hydrogen) atoms. The van der Waals surface area contributed by atoms with Crippen LogP contribution in [0.5, 0.6) is 5.75 Å². The summed E-state index contributed by atoms with van der Waals surface area (Å²) in [4.78, 5) is 11.8. The molecule has 0 fully saturated rings. The van der Waals surface area contributed by atoms with Gasteiger partial charge in [0.15, 0.2) is 5.75 Å². The van der Waals surface area contributed by atoms with Crippen LogP contribution in [0.15, 0.2) is 39.9 Å². The van der Waals surface area contributed by atoms with E-state index in [4.69, 9.17) is 20.9 Å². The molecule has 3 rings (SSSR count). The zero-order chi connectivity index (χ0) is 16.1. The van der Waals surface area contributed by atoms with Crippen LogP contribution < -0.4 is 21.5 Å². The molecule has 1 unspecified atom stereocenters. The van der Waals surface area contributed by atoms with Crippen LogP contribution in [0, 0.1) is 0 Å². The van der Waals surface area contributed by atoms with Crippen molar-refractivity contribution in [3.8, 4) is 5.75 Å². The maximum absolute atomic E-state index is 11.8. The maximum atomic E-state index is 11.8. The molecular weight excluding hydrogens is 350 g/mol. The van der Waals surface area contributed by atoms with Gasteiger partial charge in [-0.3, -0.25) is 4.79 Å². The summed E-state index contributed by atoms with van der Waals surface area (Å²) in [6.07, 6.45) is 2.53. The molecule has 6 nitrogen and oxygen atoms in total. The Morgan fingerprint density at radius 2 is 2.18 bits per heavy atom. The third kappa shape index (κ3) is 2.12. The van der Waals surface area contributed by atoms with Crippen molar-refractivity contribution in [1.82, 2.24) is 0 Å². The SMILES string of the molecule is CCc1cc(Br)c2c(c1)NC1(C=C(C)OC(N)=C1C(N)=O)O2. The van der Waals surface area contributed by atoms with Gasteiger partial charge >= 0.3 is 0 Å². The van der Waals surface area contributed by atoms with Gasteiger partial charge < -0.3 is 26.3 Å². The summed E-state index contributed by atoms with van der Waals surface area (Å²) in [5, 5.41) is 3.21. The summed E-state index contributed by atoms with van der Waals surface area (Å²) >= 11 is 3.50.